The Hall–Kier alpha value is -2.37. The van der Waals surface area contributed by atoms with Gasteiger partial charge >= 0.3 is 0 Å². The second-order valence-electron chi connectivity index (χ2n) is 8.07. The lowest BCUT2D eigenvalue weighted by molar-refractivity contribution is -0.0479. The fourth-order valence-electron chi connectivity index (χ4n) is 5.06. The summed E-state index contributed by atoms with van der Waals surface area (Å²) in [5, 5.41) is 19.7. The second kappa shape index (κ2) is 6.33. The van der Waals surface area contributed by atoms with Gasteiger partial charge in [-0.3, -0.25) is 9.89 Å². The molecule has 3 aromatic rings. The number of aryl methyl sites for hydroxylation is 1. The Labute approximate surface area is 168 Å². The Bertz CT molecular complexity index is 1050. The summed E-state index contributed by atoms with van der Waals surface area (Å²) in [6, 6.07) is 13.5. The third-order valence-corrected chi connectivity index (χ3v) is 6.77. The molecule has 5 rings (SSSR count). The second-order valence-corrected chi connectivity index (χ2v) is 8.45. The van der Waals surface area contributed by atoms with Gasteiger partial charge < -0.3 is 10.0 Å². The molecule has 0 spiro atoms. The maximum atomic E-state index is 13.4. The van der Waals surface area contributed by atoms with Gasteiger partial charge in [0.25, 0.3) is 5.91 Å². The van der Waals surface area contributed by atoms with Gasteiger partial charge in [-0.1, -0.05) is 41.9 Å². The lowest BCUT2D eigenvalue weighted by Gasteiger charge is -2.44. The van der Waals surface area contributed by atoms with Crippen molar-refractivity contribution in [2.45, 2.75) is 50.3 Å². The third-order valence-electron chi connectivity index (χ3n) is 6.38. The van der Waals surface area contributed by atoms with Crippen molar-refractivity contribution in [2.75, 3.05) is 0 Å². The normalized spacial score (nSPS) is 26.8. The van der Waals surface area contributed by atoms with Gasteiger partial charge in [-0.05, 0) is 37.5 Å². The minimum absolute atomic E-state index is 0.0219. The van der Waals surface area contributed by atoms with E-state index in [4.69, 9.17) is 11.6 Å². The summed E-state index contributed by atoms with van der Waals surface area (Å²) in [7, 11) is 0. The van der Waals surface area contributed by atoms with Crippen LogP contribution in [0.15, 0.2) is 42.5 Å². The van der Waals surface area contributed by atoms with Crippen LogP contribution in [0.3, 0.4) is 0 Å². The number of carbonyl (C=O) groups is 1. The fraction of sp³-hybridized carbons (Fsp3) is 0.364. The van der Waals surface area contributed by atoms with Crippen molar-refractivity contribution in [2.24, 2.45) is 0 Å². The molecule has 2 aliphatic heterocycles. The first-order valence-electron chi connectivity index (χ1n) is 9.72. The summed E-state index contributed by atoms with van der Waals surface area (Å²) in [5.41, 5.74) is 2.20. The van der Waals surface area contributed by atoms with E-state index in [1.165, 1.54) is 0 Å². The van der Waals surface area contributed by atoms with Crippen molar-refractivity contribution in [3.8, 4) is 0 Å². The molecule has 144 valence electrons. The van der Waals surface area contributed by atoms with E-state index in [0.717, 1.165) is 35.0 Å². The largest absolute Gasteiger partial charge is 0.385 e. The average molecular weight is 396 g/mol. The molecule has 0 saturated carbocycles. The van der Waals surface area contributed by atoms with Crippen molar-refractivity contribution >= 4 is 28.4 Å². The van der Waals surface area contributed by atoms with E-state index in [1.807, 2.05) is 48.2 Å². The van der Waals surface area contributed by atoms with Gasteiger partial charge in [0.1, 0.15) is 0 Å². The molecule has 2 saturated heterocycles. The Morgan fingerprint density at radius 3 is 2.54 bits per heavy atom. The molecule has 2 bridgehead atoms. The van der Waals surface area contributed by atoms with Crippen LogP contribution in [0.4, 0.5) is 0 Å². The molecule has 2 atom stereocenters. The molecule has 2 fully saturated rings. The highest BCUT2D eigenvalue weighted by Gasteiger charge is 2.50. The highest BCUT2D eigenvalue weighted by Crippen LogP contribution is 2.46. The van der Waals surface area contributed by atoms with Crippen LogP contribution in [0.2, 0.25) is 5.02 Å². The van der Waals surface area contributed by atoms with E-state index in [9.17, 15) is 9.90 Å². The third kappa shape index (κ3) is 2.57. The molecule has 5 nitrogen and oxygen atoms in total. The van der Waals surface area contributed by atoms with Crippen LogP contribution in [0.5, 0.6) is 0 Å². The fourth-order valence-corrected chi connectivity index (χ4v) is 5.44. The van der Waals surface area contributed by atoms with E-state index < -0.39 is 5.60 Å². The van der Waals surface area contributed by atoms with E-state index >= 15 is 0 Å². The van der Waals surface area contributed by atoms with Crippen molar-refractivity contribution in [3.63, 3.8) is 0 Å². The number of piperidine rings is 1. The number of nitrogens with one attached hydrogen (secondary N) is 1. The monoisotopic (exact) mass is 395 g/mol. The van der Waals surface area contributed by atoms with Crippen LogP contribution < -0.4 is 0 Å². The molecular weight excluding hydrogens is 374 g/mol. The van der Waals surface area contributed by atoms with Gasteiger partial charge in [-0.15, -0.1) is 0 Å². The van der Waals surface area contributed by atoms with Crippen molar-refractivity contribution in [3.05, 3.63) is 64.3 Å². The van der Waals surface area contributed by atoms with Crippen LogP contribution in [0.25, 0.3) is 10.9 Å². The summed E-state index contributed by atoms with van der Waals surface area (Å²) < 4.78 is 0. The Kier molecular flexibility index (Phi) is 4.00. The predicted molar refractivity (Wildman–Crippen MR) is 108 cm³/mol. The van der Waals surface area contributed by atoms with Crippen LogP contribution in [-0.4, -0.2) is 38.2 Å². The molecule has 0 aliphatic carbocycles. The number of aliphatic hydroxyl groups is 1. The maximum Gasteiger partial charge on any atom is 0.255 e. The van der Waals surface area contributed by atoms with E-state index in [0.29, 0.717) is 23.4 Å². The van der Waals surface area contributed by atoms with Crippen molar-refractivity contribution in [1.82, 2.24) is 15.1 Å². The summed E-state index contributed by atoms with van der Waals surface area (Å²) in [6.07, 6.45) is 2.94. The SMILES string of the molecule is Cc1[nH]nc2ccc(C(=O)N3C4CCC3CC(O)(c3ccccc3)C4)c(Cl)c12. The van der Waals surface area contributed by atoms with Gasteiger partial charge in [0.05, 0.1) is 21.7 Å². The molecule has 3 heterocycles. The molecule has 2 unspecified atom stereocenters. The summed E-state index contributed by atoms with van der Waals surface area (Å²) in [4.78, 5) is 15.4. The Morgan fingerprint density at radius 2 is 1.86 bits per heavy atom. The smallest absolute Gasteiger partial charge is 0.255 e. The van der Waals surface area contributed by atoms with Crippen LogP contribution >= 0.6 is 11.6 Å². The topological polar surface area (TPSA) is 69.2 Å². The molecule has 1 amide bonds. The number of halogens is 1. The molecule has 1 aromatic heterocycles. The van der Waals surface area contributed by atoms with Crippen LogP contribution in [-0.2, 0) is 5.60 Å². The molecule has 0 radical (unpaired) electrons. The van der Waals surface area contributed by atoms with Crippen molar-refractivity contribution in [1.29, 1.82) is 0 Å². The number of nitrogens with zero attached hydrogens (tertiary/aromatic N) is 2. The molecular formula is C22H22ClN3O2. The number of fused-ring (bicyclic) bond motifs is 3. The van der Waals surface area contributed by atoms with Gasteiger partial charge in [0, 0.05) is 36.0 Å². The summed E-state index contributed by atoms with van der Waals surface area (Å²) in [6.45, 7) is 1.90. The first kappa shape index (κ1) is 17.7. The average Bonchev–Trinajstić information content (AvgIpc) is 3.21. The first-order chi connectivity index (χ1) is 13.5. The lowest BCUT2D eigenvalue weighted by Crippen LogP contribution is -2.52. The zero-order valence-electron chi connectivity index (χ0n) is 15.7. The van der Waals surface area contributed by atoms with Crippen molar-refractivity contribution < 1.29 is 9.90 Å². The van der Waals surface area contributed by atoms with E-state index in [1.54, 1.807) is 6.07 Å². The highest BCUT2D eigenvalue weighted by molar-refractivity contribution is 6.38. The number of rotatable bonds is 2. The number of amides is 1. The number of hydrogen-bond acceptors (Lipinski definition) is 3. The highest BCUT2D eigenvalue weighted by atomic mass is 35.5. The molecule has 28 heavy (non-hydrogen) atoms. The molecule has 2 aromatic carbocycles. The summed E-state index contributed by atoms with van der Waals surface area (Å²) >= 11 is 6.61. The number of H-pyrrole nitrogens is 1. The van der Waals surface area contributed by atoms with Gasteiger partial charge in [-0.2, -0.15) is 5.10 Å². The predicted octanol–water partition coefficient (Wildman–Crippen LogP) is 4.18. The zero-order chi connectivity index (χ0) is 19.5. The number of carbonyl (C=O) groups excluding carboxylic acids is 1. The van der Waals surface area contributed by atoms with Crippen LogP contribution in [0.1, 0.15) is 47.3 Å². The quantitative estimate of drug-likeness (QED) is 0.683. The number of aromatic amines is 1. The number of benzene rings is 2. The number of aromatic nitrogens is 2. The maximum absolute atomic E-state index is 13.4. The first-order valence-corrected chi connectivity index (χ1v) is 10.1. The minimum Gasteiger partial charge on any atom is -0.385 e. The molecule has 2 aliphatic rings. The minimum atomic E-state index is -0.876. The standard InChI is InChI=1S/C22H22ClN3O2/c1-13-19-18(25-24-13)10-9-17(20(19)23)21(27)26-15-7-8-16(26)12-22(28,11-15)14-5-3-2-4-6-14/h2-6,9-10,15-16,28H,7-8,11-12H2,1H3,(H,24,25). The van der Waals surface area contributed by atoms with Gasteiger partial charge in [-0.25, -0.2) is 0 Å². The lowest BCUT2D eigenvalue weighted by atomic mass is 9.80. The zero-order valence-corrected chi connectivity index (χ0v) is 16.4. The van der Waals surface area contributed by atoms with Gasteiger partial charge in [0.15, 0.2) is 0 Å². The summed E-state index contributed by atoms with van der Waals surface area (Å²) in [5.74, 6) is -0.0462. The van der Waals surface area contributed by atoms with Crippen LogP contribution in [0, 0.1) is 6.92 Å². The Morgan fingerprint density at radius 1 is 1.18 bits per heavy atom. The van der Waals surface area contributed by atoms with E-state index in [2.05, 4.69) is 10.2 Å². The molecule has 6 heteroatoms. The number of hydrogen-bond donors (Lipinski definition) is 2. The Balaban J connectivity index is 1.48. The van der Waals surface area contributed by atoms with Gasteiger partial charge in [0.2, 0.25) is 0 Å². The van der Waals surface area contributed by atoms with E-state index in [-0.39, 0.29) is 18.0 Å². The molecule has 2 N–H and O–H groups in total.